The van der Waals surface area contributed by atoms with E-state index in [0.29, 0.717) is 26.3 Å². The van der Waals surface area contributed by atoms with Crippen molar-refractivity contribution < 1.29 is 14.3 Å². The maximum Gasteiger partial charge on any atom is 0.293 e. The van der Waals surface area contributed by atoms with E-state index in [1.54, 1.807) is 31.4 Å². The van der Waals surface area contributed by atoms with Crippen LogP contribution in [-0.4, -0.2) is 23.2 Å². The molecule has 0 saturated carbocycles. The largest absolute Gasteiger partial charge is 0.495 e. The SMILES string of the molecule is COc1c(Br)cc(Br)cc1/C=C1/SC(=O)N(Cc2ccc(Cl)c(Cl)c2)C1=O. The Hall–Kier alpha value is -0.990. The normalized spacial score (nSPS) is 15.7. The van der Waals surface area contributed by atoms with Crippen molar-refractivity contribution in [2.75, 3.05) is 7.11 Å². The van der Waals surface area contributed by atoms with Crippen LogP contribution in [-0.2, 0) is 11.3 Å². The number of carbonyl (C=O) groups excluding carboxylic acids is 2. The number of thioether (sulfide) groups is 1. The van der Waals surface area contributed by atoms with Crippen molar-refractivity contribution in [3.8, 4) is 5.75 Å². The molecule has 9 heteroatoms. The summed E-state index contributed by atoms with van der Waals surface area (Å²) in [6.07, 6.45) is 1.65. The predicted octanol–water partition coefficient (Wildman–Crippen LogP) is 6.76. The van der Waals surface area contributed by atoms with Crippen molar-refractivity contribution in [1.82, 2.24) is 4.90 Å². The van der Waals surface area contributed by atoms with Gasteiger partial charge < -0.3 is 4.74 Å². The van der Waals surface area contributed by atoms with Crippen molar-refractivity contribution in [1.29, 1.82) is 0 Å². The topological polar surface area (TPSA) is 46.6 Å². The fourth-order valence-electron chi connectivity index (χ4n) is 2.50. The Morgan fingerprint density at radius 2 is 1.89 bits per heavy atom. The third-order valence-corrected chi connectivity index (χ3v) is 6.42. The molecular weight excluding hydrogens is 541 g/mol. The molecule has 0 atom stereocenters. The molecular formula is C18H11Br2Cl2NO3S. The van der Waals surface area contributed by atoms with Gasteiger partial charge in [0.15, 0.2) is 0 Å². The number of rotatable bonds is 4. The average molecular weight is 552 g/mol. The van der Waals surface area contributed by atoms with Crippen molar-refractivity contribution in [3.05, 3.63) is 65.4 Å². The van der Waals surface area contributed by atoms with Crippen molar-refractivity contribution in [3.63, 3.8) is 0 Å². The Kier molecular flexibility index (Phi) is 6.58. The fraction of sp³-hybridized carbons (Fsp3) is 0.111. The van der Waals surface area contributed by atoms with Gasteiger partial charge in [0.1, 0.15) is 5.75 Å². The summed E-state index contributed by atoms with van der Waals surface area (Å²) in [7, 11) is 1.54. The maximum absolute atomic E-state index is 12.7. The summed E-state index contributed by atoms with van der Waals surface area (Å²) in [5.74, 6) is 0.212. The number of amides is 2. The summed E-state index contributed by atoms with van der Waals surface area (Å²) < 4.78 is 6.94. The Morgan fingerprint density at radius 1 is 1.15 bits per heavy atom. The summed E-state index contributed by atoms with van der Waals surface area (Å²) in [5, 5.41) is 0.451. The van der Waals surface area contributed by atoms with E-state index < -0.39 is 0 Å². The Bertz CT molecular complexity index is 981. The predicted molar refractivity (Wildman–Crippen MR) is 116 cm³/mol. The van der Waals surface area contributed by atoms with Crippen molar-refractivity contribution in [2.24, 2.45) is 0 Å². The number of methoxy groups -OCH3 is 1. The van der Waals surface area contributed by atoms with Crippen LogP contribution in [0.4, 0.5) is 4.79 Å². The van der Waals surface area contributed by atoms with E-state index in [2.05, 4.69) is 31.9 Å². The van der Waals surface area contributed by atoms with Crippen LogP contribution in [0.5, 0.6) is 5.75 Å². The van der Waals surface area contributed by atoms with Crippen molar-refractivity contribution in [2.45, 2.75) is 6.54 Å². The van der Waals surface area contributed by atoms with E-state index in [4.69, 9.17) is 27.9 Å². The van der Waals surface area contributed by atoms with Gasteiger partial charge >= 0.3 is 0 Å². The minimum Gasteiger partial charge on any atom is -0.495 e. The van der Waals surface area contributed by atoms with Gasteiger partial charge in [-0.2, -0.15) is 0 Å². The first-order valence-corrected chi connectivity index (χ1v) is 10.7. The second-order valence-corrected chi connectivity index (χ2v) is 9.10. The third-order valence-electron chi connectivity index (χ3n) is 3.73. The number of nitrogens with zero attached hydrogens (tertiary/aromatic N) is 1. The fourth-order valence-corrected chi connectivity index (χ4v) is 5.07. The summed E-state index contributed by atoms with van der Waals surface area (Å²) >= 11 is 19.6. The van der Waals surface area contributed by atoms with E-state index in [1.807, 2.05) is 12.1 Å². The lowest BCUT2D eigenvalue weighted by molar-refractivity contribution is -0.123. The highest BCUT2D eigenvalue weighted by molar-refractivity contribution is 9.11. The lowest BCUT2D eigenvalue weighted by atomic mass is 10.1. The Labute approximate surface area is 187 Å². The van der Waals surface area contributed by atoms with E-state index in [-0.39, 0.29) is 17.7 Å². The molecule has 1 heterocycles. The molecule has 3 rings (SSSR count). The number of carbonyl (C=O) groups is 2. The van der Waals surface area contributed by atoms with Gasteiger partial charge in [0.2, 0.25) is 0 Å². The number of hydrogen-bond acceptors (Lipinski definition) is 4. The van der Waals surface area contributed by atoms with Gasteiger partial charge in [0.05, 0.1) is 33.1 Å². The molecule has 2 aromatic rings. The van der Waals surface area contributed by atoms with Crippen LogP contribution in [0.1, 0.15) is 11.1 Å². The first-order valence-electron chi connectivity index (χ1n) is 7.52. The molecule has 0 aliphatic carbocycles. The van der Waals surface area contributed by atoms with Crippen LogP contribution in [0.15, 0.2) is 44.2 Å². The van der Waals surface area contributed by atoms with Crippen LogP contribution < -0.4 is 4.74 Å². The monoisotopic (exact) mass is 549 g/mol. The Balaban J connectivity index is 1.90. The number of halogens is 4. The van der Waals surface area contributed by atoms with E-state index in [0.717, 1.165) is 26.3 Å². The zero-order valence-electron chi connectivity index (χ0n) is 13.8. The first kappa shape index (κ1) is 20.7. The molecule has 0 radical (unpaired) electrons. The highest BCUT2D eigenvalue weighted by Gasteiger charge is 2.35. The molecule has 2 amide bonds. The molecule has 1 saturated heterocycles. The van der Waals surface area contributed by atoms with Gasteiger partial charge in [-0.3, -0.25) is 14.5 Å². The van der Waals surface area contributed by atoms with Gasteiger partial charge in [0, 0.05) is 10.0 Å². The second kappa shape index (κ2) is 8.57. The van der Waals surface area contributed by atoms with Gasteiger partial charge in [-0.25, -0.2) is 0 Å². The quantitative estimate of drug-likeness (QED) is 0.394. The molecule has 0 bridgehead atoms. The van der Waals surface area contributed by atoms with Crippen LogP contribution in [0.25, 0.3) is 6.08 Å². The molecule has 27 heavy (non-hydrogen) atoms. The van der Waals surface area contributed by atoms with E-state index in [1.165, 1.54) is 4.90 Å². The number of benzene rings is 2. The number of hydrogen-bond donors (Lipinski definition) is 0. The molecule has 0 unspecified atom stereocenters. The van der Waals surface area contributed by atoms with Crippen LogP contribution in [0.3, 0.4) is 0 Å². The van der Waals surface area contributed by atoms with Gasteiger partial charge in [-0.1, -0.05) is 45.2 Å². The summed E-state index contributed by atoms with van der Waals surface area (Å²) in [5.41, 5.74) is 1.40. The third kappa shape index (κ3) is 4.54. The number of ether oxygens (including phenoxy) is 1. The molecule has 0 aromatic heterocycles. The van der Waals surface area contributed by atoms with Crippen LogP contribution in [0.2, 0.25) is 10.0 Å². The van der Waals surface area contributed by atoms with Gasteiger partial charge in [-0.05, 0) is 63.6 Å². The first-order chi connectivity index (χ1) is 12.8. The van der Waals surface area contributed by atoms with E-state index in [9.17, 15) is 9.59 Å². The van der Waals surface area contributed by atoms with Crippen LogP contribution >= 0.6 is 66.8 Å². The summed E-state index contributed by atoms with van der Waals surface area (Å²) in [4.78, 5) is 26.6. The maximum atomic E-state index is 12.7. The van der Waals surface area contributed by atoms with Crippen LogP contribution in [0, 0.1) is 0 Å². The molecule has 2 aromatic carbocycles. The lowest BCUT2D eigenvalue weighted by Gasteiger charge is -2.13. The molecule has 4 nitrogen and oxygen atoms in total. The molecule has 1 aliphatic rings. The zero-order valence-corrected chi connectivity index (χ0v) is 19.3. The minimum absolute atomic E-state index is 0.123. The van der Waals surface area contributed by atoms with Gasteiger partial charge in [0.25, 0.3) is 11.1 Å². The number of imide groups is 1. The molecule has 1 fully saturated rings. The smallest absolute Gasteiger partial charge is 0.293 e. The van der Waals surface area contributed by atoms with E-state index >= 15 is 0 Å². The molecule has 0 spiro atoms. The Morgan fingerprint density at radius 3 is 2.56 bits per heavy atom. The minimum atomic E-state index is -0.366. The highest BCUT2D eigenvalue weighted by Crippen LogP contribution is 2.38. The van der Waals surface area contributed by atoms with Gasteiger partial charge in [-0.15, -0.1) is 0 Å². The zero-order chi connectivity index (χ0) is 19.7. The summed E-state index contributed by atoms with van der Waals surface area (Å²) in [6, 6.07) is 8.67. The second-order valence-electron chi connectivity index (χ2n) is 5.53. The highest BCUT2D eigenvalue weighted by atomic mass is 79.9. The lowest BCUT2D eigenvalue weighted by Crippen LogP contribution is -2.27. The van der Waals surface area contributed by atoms with Crippen molar-refractivity contribution >= 4 is 84.0 Å². The molecule has 1 aliphatic heterocycles. The molecule has 140 valence electrons. The average Bonchev–Trinajstić information content (AvgIpc) is 2.85. The summed E-state index contributed by atoms with van der Waals surface area (Å²) in [6.45, 7) is 0.123. The molecule has 0 N–H and O–H groups in total. The standard InChI is InChI=1S/C18H11Br2Cl2NO3S/c1-26-16-10(5-11(19)7-12(16)20)6-15-17(24)23(18(25)27-15)8-9-2-3-13(21)14(22)4-9/h2-7H,8H2,1H3/b15-6+.